The normalized spacial score (nSPS) is 11.7. The quantitative estimate of drug-likeness (QED) is 0.762. The third kappa shape index (κ3) is 5.32. The third-order valence-electron chi connectivity index (χ3n) is 2.78. The highest BCUT2D eigenvalue weighted by molar-refractivity contribution is 7.91. The smallest absolute Gasteiger partial charge is 0.151 e. The molecule has 6 nitrogen and oxygen atoms in total. The Kier molecular flexibility index (Phi) is 6.19. The van der Waals surface area contributed by atoms with Gasteiger partial charge < -0.3 is 10.6 Å². The van der Waals surface area contributed by atoms with Gasteiger partial charge in [0.1, 0.15) is 17.5 Å². The van der Waals surface area contributed by atoms with Crippen molar-refractivity contribution >= 4 is 21.5 Å². The van der Waals surface area contributed by atoms with E-state index in [1.165, 1.54) is 0 Å². The molecule has 0 atom stereocenters. The Hall–Kier alpha value is -1.37. The van der Waals surface area contributed by atoms with Gasteiger partial charge in [-0.2, -0.15) is 0 Å². The van der Waals surface area contributed by atoms with Gasteiger partial charge in [0.2, 0.25) is 0 Å². The molecule has 0 saturated heterocycles. The Morgan fingerprint density at radius 1 is 1.15 bits per heavy atom. The first-order valence-corrected chi connectivity index (χ1v) is 8.77. The summed E-state index contributed by atoms with van der Waals surface area (Å²) in [5.74, 6) is 2.65. The van der Waals surface area contributed by atoms with Crippen LogP contribution in [0, 0.1) is 0 Å². The maximum absolute atomic E-state index is 11.4. The Balaban J connectivity index is 2.78. The number of sulfone groups is 1. The number of rotatable bonds is 8. The standard InChI is InChI=1S/C13H24N4O2S/c1-5-14-11-9-12(17-13(16-11)10(3)4)15-7-8-20(18,19)6-2/h9-10H,5-8H2,1-4H3,(H2,14,15,16,17). The van der Waals surface area contributed by atoms with Crippen LogP contribution in [0.1, 0.15) is 39.4 Å². The van der Waals surface area contributed by atoms with Crippen LogP contribution in [0.2, 0.25) is 0 Å². The van der Waals surface area contributed by atoms with Gasteiger partial charge in [-0.15, -0.1) is 0 Å². The van der Waals surface area contributed by atoms with E-state index in [9.17, 15) is 8.42 Å². The van der Waals surface area contributed by atoms with Crippen LogP contribution in [0.4, 0.5) is 11.6 Å². The lowest BCUT2D eigenvalue weighted by Crippen LogP contribution is -2.18. The number of nitrogens with zero attached hydrogens (tertiary/aromatic N) is 2. The summed E-state index contributed by atoms with van der Waals surface area (Å²) in [5, 5.41) is 6.21. The first-order valence-electron chi connectivity index (χ1n) is 6.95. The number of aromatic nitrogens is 2. The van der Waals surface area contributed by atoms with Crippen molar-refractivity contribution in [3.8, 4) is 0 Å². The van der Waals surface area contributed by atoms with Crippen molar-refractivity contribution in [2.45, 2.75) is 33.6 Å². The van der Waals surface area contributed by atoms with E-state index >= 15 is 0 Å². The van der Waals surface area contributed by atoms with Gasteiger partial charge in [-0.3, -0.25) is 0 Å². The van der Waals surface area contributed by atoms with Gasteiger partial charge in [-0.1, -0.05) is 20.8 Å². The molecule has 2 N–H and O–H groups in total. The van der Waals surface area contributed by atoms with E-state index < -0.39 is 9.84 Å². The zero-order valence-corrected chi connectivity index (χ0v) is 13.4. The highest BCUT2D eigenvalue weighted by atomic mass is 32.2. The van der Waals surface area contributed by atoms with Crippen LogP contribution in [-0.2, 0) is 9.84 Å². The number of anilines is 2. The molecule has 0 aliphatic carbocycles. The second kappa shape index (κ2) is 7.42. The summed E-state index contributed by atoms with van der Waals surface area (Å²) < 4.78 is 22.9. The molecule has 114 valence electrons. The molecule has 0 fully saturated rings. The molecule has 0 amide bonds. The Bertz CT molecular complexity index is 529. The summed E-state index contributed by atoms with van der Waals surface area (Å²) in [6.45, 7) is 8.83. The highest BCUT2D eigenvalue weighted by Gasteiger charge is 2.10. The maximum atomic E-state index is 11.4. The van der Waals surface area contributed by atoms with Crippen molar-refractivity contribution in [2.24, 2.45) is 0 Å². The van der Waals surface area contributed by atoms with Crippen molar-refractivity contribution in [3.63, 3.8) is 0 Å². The van der Waals surface area contributed by atoms with Crippen LogP contribution < -0.4 is 10.6 Å². The summed E-state index contributed by atoms with van der Waals surface area (Å²) >= 11 is 0. The average molecular weight is 300 g/mol. The topological polar surface area (TPSA) is 84.0 Å². The van der Waals surface area contributed by atoms with Crippen molar-refractivity contribution in [1.82, 2.24) is 9.97 Å². The molecule has 1 aromatic heterocycles. The van der Waals surface area contributed by atoms with Crippen molar-refractivity contribution in [1.29, 1.82) is 0 Å². The van der Waals surface area contributed by atoms with Gasteiger partial charge in [0.15, 0.2) is 9.84 Å². The predicted octanol–water partition coefficient (Wildman–Crippen LogP) is 1.88. The average Bonchev–Trinajstić information content (AvgIpc) is 2.38. The molecular weight excluding hydrogens is 276 g/mol. The molecule has 0 aliphatic rings. The molecular formula is C13H24N4O2S. The number of hydrogen-bond donors (Lipinski definition) is 2. The van der Waals surface area contributed by atoms with Crippen molar-refractivity contribution in [3.05, 3.63) is 11.9 Å². The monoisotopic (exact) mass is 300 g/mol. The van der Waals surface area contributed by atoms with E-state index in [0.29, 0.717) is 12.4 Å². The summed E-state index contributed by atoms with van der Waals surface area (Å²) in [5.41, 5.74) is 0. The molecule has 0 bridgehead atoms. The highest BCUT2D eigenvalue weighted by Crippen LogP contribution is 2.16. The Labute approximate surface area is 121 Å². The zero-order valence-electron chi connectivity index (χ0n) is 12.6. The minimum atomic E-state index is -2.96. The molecule has 0 aliphatic heterocycles. The first-order chi connectivity index (χ1) is 9.38. The summed E-state index contributed by atoms with van der Waals surface area (Å²) in [6, 6.07) is 1.80. The van der Waals surface area contributed by atoms with Crippen LogP contribution >= 0.6 is 0 Å². The van der Waals surface area contributed by atoms with Gasteiger partial charge in [-0.25, -0.2) is 18.4 Å². The first kappa shape index (κ1) is 16.7. The van der Waals surface area contributed by atoms with E-state index in [-0.39, 0.29) is 17.4 Å². The molecule has 0 aromatic carbocycles. The lowest BCUT2D eigenvalue weighted by molar-refractivity contribution is 0.597. The summed E-state index contributed by atoms with van der Waals surface area (Å²) in [7, 11) is -2.96. The molecule has 1 aromatic rings. The van der Waals surface area contributed by atoms with Gasteiger partial charge in [0, 0.05) is 30.8 Å². The largest absolute Gasteiger partial charge is 0.370 e. The van der Waals surface area contributed by atoms with E-state index in [0.717, 1.165) is 18.2 Å². The van der Waals surface area contributed by atoms with Crippen LogP contribution in [0.15, 0.2) is 6.07 Å². The second-order valence-corrected chi connectivity index (χ2v) is 7.32. The SMILES string of the molecule is CCNc1cc(NCCS(=O)(=O)CC)nc(C(C)C)n1. The van der Waals surface area contributed by atoms with Gasteiger partial charge in [0.05, 0.1) is 5.75 Å². The fourth-order valence-corrected chi connectivity index (χ4v) is 2.27. The van der Waals surface area contributed by atoms with Gasteiger partial charge >= 0.3 is 0 Å². The Morgan fingerprint density at radius 2 is 1.75 bits per heavy atom. The lowest BCUT2D eigenvalue weighted by Gasteiger charge is -2.12. The van der Waals surface area contributed by atoms with Crippen LogP contribution in [0.3, 0.4) is 0 Å². The van der Waals surface area contributed by atoms with Crippen LogP contribution in [0.5, 0.6) is 0 Å². The second-order valence-electron chi connectivity index (χ2n) is 4.84. The minimum absolute atomic E-state index is 0.112. The van der Waals surface area contributed by atoms with Crippen molar-refractivity contribution in [2.75, 3.05) is 35.2 Å². The zero-order chi connectivity index (χ0) is 15.2. The lowest BCUT2D eigenvalue weighted by atomic mass is 10.2. The van der Waals surface area contributed by atoms with E-state index in [1.807, 2.05) is 20.8 Å². The summed E-state index contributed by atoms with van der Waals surface area (Å²) in [6.07, 6.45) is 0. The fraction of sp³-hybridized carbons (Fsp3) is 0.692. The van der Waals surface area contributed by atoms with E-state index in [4.69, 9.17) is 0 Å². The molecule has 0 spiro atoms. The minimum Gasteiger partial charge on any atom is -0.370 e. The fourth-order valence-electron chi connectivity index (χ4n) is 1.57. The maximum Gasteiger partial charge on any atom is 0.151 e. The summed E-state index contributed by atoms with van der Waals surface area (Å²) in [4.78, 5) is 8.82. The number of nitrogens with one attached hydrogen (secondary N) is 2. The van der Waals surface area contributed by atoms with E-state index in [2.05, 4.69) is 20.6 Å². The molecule has 7 heteroatoms. The molecule has 0 saturated carbocycles. The van der Waals surface area contributed by atoms with Gasteiger partial charge in [0.25, 0.3) is 0 Å². The molecule has 1 rings (SSSR count). The molecule has 0 radical (unpaired) electrons. The third-order valence-corrected chi connectivity index (χ3v) is 4.48. The van der Waals surface area contributed by atoms with Crippen LogP contribution in [0.25, 0.3) is 0 Å². The van der Waals surface area contributed by atoms with Gasteiger partial charge in [-0.05, 0) is 6.92 Å². The van der Waals surface area contributed by atoms with Crippen LogP contribution in [-0.4, -0.2) is 43.0 Å². The van der Waals surface area contributed by atoms with Crippen molar-refractivity contribution < 1.29 is 8.42 Å². The molecule has 0 unspecified atom stereocenters. The predicted molar refractivity (Wildman–Crippen MR) is 83.1 cm³/mol. The van der Waals surface area contributed by atoms with E-state index in [1.54, 1.807) is 13.0 Å². The molecule has 20 heavy (non-hydrogen) atoms. The molecule has 1 heterocycles. The Morgan fingerprint density at radius 3 is 2.25 bits per heavy atom. The number of hydrogen-bond acceptors (Lipinski definition) is 6.